The molecular weight excluding hydrogens is 376 g/mol. The van der Waals surface area contributed by atoms with Crippen LogP contribution >= 0.6 is 0 Å². The first-order valence-corrected chi connectivity index (χ1v) is 8.71. The number of benzene rings is 1. The summed E-state index contributed by atoms with van der Waals surface area (Å²) in [5, 5.41) is 15.6. The predicted molar refractivity (Wildman–Crippen MR) is 109 cm³/mol. The van der Waals surface area contributed by atoms with E-state index in [1.165, 1.54) is 0 Å². The third-order valence-electron chi connectivity index (χ3n) is 3.30. The molecule has 0 saturated carbocycles. The number of hydrogen-bond acceptors (Lipinski definition) is 5. The molecule has 0 aliphatic rings. The van der Waals surface area contributed by atoms with E-state index in [4.69, 9.17) is 14.9 Å². The smallest absolute Gasteiger partial charge is 0.341 e. The van der Waals surface area contributed by atoms with E-state index >= 15 is 0 Å². The summed E-state index contributed by atoms with van der Waals surface area (Å²) < 4.78 is 4.78. The molecule has 1 aromatic rings. The number of ether oxygens (including phenoxy) is 1. The lowest BCUT2D eigenvalue weighted by Gasteiger charge is -2.05. The Morgan fingerprint density at radius 2 is 1.48 bits per heavy atom. The summed E-state index contributed by atoms with van der Waals surface area (Å²) in [6.07, 6.45) is 7.39. The second-order valence-electron chi connectivity index (χ2n) is 5.46. The van der Waals surface area contributed by atoms with Gasteiger partial charge in [0.15, 0.2) is 0 Å². The van der Waals surface area contributed by atoms with Crippen LogP contribution < -0.4 is 0 Å². The minimum Gasteiger partial charge on any atom is -0.478 e. The normalized spacial score (nSPS) is 10.9. The number of esters is 2. The number of carbonyl (C=O) groups is 4. The largest absolute Gasteiger partial charge is 0.478 e. The first-order valence-electron chi connectivity index (χ1n) is 8.71. The summed E-state index contributed by atoms with van der Waals surface area (Å²) in [6, 6.07) is 9.74. The van der Waals surface area contributed by atoms with Gasteiger partial charge >= 0.3 is 23.9 Å². The minimum atomic E-state index is -1.26. The molecule has 0 aromatic heterocycles. The summed E-state index contributed by atoms with van der Waals surface area (Å²) in [7, 11) is 0. The molecular formula is C22H24O7. The van der Waals surface area contributed by atoms with Crippen molar-refractivity contribution < 1.29 is 34.1 Å². The summed E-state index contributed by atoms with van der Waals surface area (Å²) in [4.78, 5) is 42.5. The molecule has 154 valence electrons. The Balaban J connectivity index is 0.000000828. The second kappa shape index (κ2) is 14.3. The molecule has 0 bridgehead atoms. The lowest BCUT2D eigenvalue weighted by Crippen LogP contribution is -2.15. The van der Waals surface area contributed by atoms with Gasteiger partial charge in [0.05, 0.1) is 0 Å². The standard InChI is InChI=1S/C18H20O3.C4H4O4/c1-4-14(3)17(19)21-18(20)16(5-2)13-9-12-15-10-7-6-8-11-15;5-3(6)1-2-4(7)8/h6-13H,3-5H2,1-2H3;1-2H,(H,5,6)(H,7,8)/b;2-1-. The molecule has 7 heteroatoms. The molecule has 0 spiro atoms. The Hall–Kier alpha value is -3.74. The first-order chi connectivity index (χ1) is 13.7. The topological polar surface area (TPSA) is 118 Å². The molecule has 0 saturated heterocycles. The van der Waals surface area contributed by atoms with Crippen molar-refractivity contribution in [2.75, 3.05) is 0 Å². The van der Waals surface area contributed by atoms with E-state index in [-0.39, 0.29) is 0 Å². The molecule has 29 heavy (non-hydrogen) atoms. The summed E-state index contributed by atoms with van der Waals surface area (Å²) in [5.74, 6) is -3.79. The van der Waals surface area contributed by atoms with Crippen LogP contribution in [0.5, 0.6) is 0 Å². The molecule has 0 aliphatic carbocycles. The van der Waals surface area contributed by atoms with Gasteiger partial charge in [0.2, 0.25) is 0 Å². The highest BCUT2D eigenvalue weighted by molar-refractivity contribution is 6.01. The van der Waals surface area contributed by atoms with Crippen LogP contribution in [-0.2, 0) is 23.9 Å². The average Bonchev–Trinajstić information content (AvgIpc) is 2.70. The molecule has 0 atom stereocenters. The highest BCUT2D eigenvalue weighted by atomic mass is 16.6. The van der Waals surface area contributed by atoms with Crippen LogP contribution in [0, 0.1) is 0 Å². The van der Waals surface area contributed by atoms with Crippen molar-refractivity contribution in [3.8, 4) is 0 Å². The molecule has 0 fully saturated rings. The lowest BCUT2D eigenvalue weighted by atomic mass is 10.1. The average molecular weight is 400 g/mol. The molecule has 0 amide bonds. The van der Waals surface area contributed by atoms with E-state index in [1.807, 2.05) is 43.3 Å². The summed E-state index contributed by atoms with van der Waals surface area (Å²) >= 11 is 0. The fourth-order valence-corrected chi connectivity index (χ4v) is 1.68. The number of rotatable bonds is 8. The highest BCUT2D eigenvalue weighted by Gasteiger charge is 2.15. The van der Waals surface area contributed by atoms with E-state index in [0.717, 1.165) is 5.56 Å². The number of allylic oxidation sites excluding steroid dienone is 2. The Morgan fingerprint density at radius 1 is 0.931 bits per heavy atom. The number of hydrogen-bond donors (Lipinski definition) is 2. The van der Waals surface area contributed by atoms with Crippen molar-refractivity contribution in [1.82, 2.24) is 0 Å². The third-order valence-corrected chi connectivity index (χ3v) is 3.30. The SMILES string of the molecule is C=C(CC)C(=O)OC(=O)C(=CC=Cc1ccccc1)CC.O=C(O)/C=C\C(=O)O. The lowest BCUT2D eigenvalue weighted by molar-refractivity contribution is -0.154. The zero-order chi connectivity index (χ0) is 22.2. The maximum absolute atomic E-state index is 11.9. The van der Waals surface area contributed by atoms with Crippen LogP contribution in [0.4, 0.5) is 0 Å². The van der Waals surface area contributed by atoms with Crippen LogP contribution in [0.2, 0.25) is 0 Å². The zero-order valence-electron chi connectivity index (χ0n) is 16.3. The molecule has 0 heterocycles. The van der Waals surface area contributed by atoms with Crippen LogP contribution in [-0.4, -0.2) is 34.1 Å². The third kappa shape index (κ3) is 12.3. The van der Waals surface area contributed by atoms with Crippen molar-refractivity contribution >= 4 is 30.0 Å². The van der Waals surface area contributed by atoms with E-state index < -0.39 is 23.9 Å². The summed E-state index contributed by atoms with van der Waals surface area (Å²) in [6.45, 7) is 7.17. The van der Waals surface area contributed by atoms with Crippen LogP contribution in [0.3, 0.4) is 0 Å². The highest BCUT2D eigenvalue weighted by Crippen LogP contribution is 2.09. The maximum Gasteiger partial charge on any atom is 0.341 e. The Morgan fingerprint density at radius 3 is 1.93 bits per heavy atom. The van der Waals surface area contributed by atoms with Gasteiger partial charge in [0, 0.05) is 23.3 Å². The minimum absolute atomic E-state index is 0.290. The Bertz CT molecular complexity index is 799. The van der Waals surface area contributed by atoms with Crippen molar-refractivity contribution in [3.63, 3.8) is 0 Å². The van der Waals surface area contributed by atoms with Crippen LogP contribution in [0.25, 0.3) is 6.08 Å². The van der Waals surface area contributed by atoms with Gasteiger partial charge in [-0.1, -0.05) is 69.0 Å². The van der Waals surface area contributed by atoms with E-state index in [2.05, 4.69) is 6.58 Å². The number of carbonyl (C=O) groups excluding carboxylic acids is 2. The van der Waals surface area contributed by atoms with Gasteiger partial charge in [-0.05, 0) is 18.4 Å². The fourth-order valence-electron chi connectivity index (χ4n) is 1.68. The number of carboxylic acids is 2. The van der Waals surface area contributed by atoms with Gasteiger partial charge in [-0.15, -0.1) is 0 Å². The number of aliphatic carboxylic acids is 2. The van der Waals surface area contributed by atoms with Crippen molar-refractivity contribution in [2.45, 2.75) is 26.7 Å². The molecule has 7 nitrogen and oxygen atoms in total. The van der Waals surface area contributed by atoms with E-state index in [1.54, 1.807) is 19.1 Å². The van der Waals surface area contributed by atoms with Crippen molar-refractivity contribution in [1.29, 1.82) is 0 Å². The number of carboxylic acid groups (broad SMARTS) is 2. The molecule has 0 radical (unpaired) electrons. The molecule has 1 rings (SSSR count). The van der Waals surface area contributed by atoms with Gasteiger partial charge in [0.1, 0.15) is 0 Å². The van der Waals surface area contributed by atoms with Crippen LogP contribution in [0.1, 0.15) is 32.3 Å². The van der Waals surface area contributed by atoms with Crippen LogP contribution in [0.15, 0.2) is 72.4 Å². The molecule has 1 aromatic carbocycles. The van der Waals surface area contributed by atoms with Gasteiger partial charge < -0.3 is 14.9 Å². The van der Waals surface area contributed by atoms with Crippen molar-refractivity contribution in [3.05, 3.63) is 77.9 Å². The first kappa shape index (κ1) is 25.3. The van der Waals surface area contributed by atoms with E-state index in [0.29, 0.717) is 36.1 Å². The fraction of sp³-hybridized carbons (Fsp3) is 0.182. The Kier molecular flexibility index (Phi) is 12.5. The zero-order valence-corrected chi connectivity index (χ0v) is 16.3. The van der Waals surface area contributed by atoms with Gasteiger partial charge in [-0.3, -0.25) is 0 Å². The molecule has 2 N–H and O–H groups in total. The van der Waals surface area contributed by atoms with Gasteiger partial charge in [0.25, 0.3) is 0 Å². The maximum atomic E-state index is 11.9. The predicted octanol–water partition coefficient (Wildman–Crippen LogP) is 3.78. The second-order valence-corrected chi connectivity index (χ2v) is 5.46. The quantitative estimate of drug-likeness (QED) is 0.295. The monoisotopic (exact) mass is 400 g/mol. The van der Waals surface area contributed by atoms with E-state index in [9.17, 15) is 19.2 Å². The van der Waals surface area contributed by atoms with Gasteiger partial charge in [-0.25, -0.2) is 19.2 Å². The molecule has 0 unspecified atom stereocenters. The summed E-state index contributed by atoms with van der Waals surface area (Å²) in [5.41, 5.74) is 1.77. The Labute approximate surface area is 169 Å². The van der Waals surface area contributed by atoms with Crippen molar-refractivity contribution in [2.24, 2.45) is 0 Å². The molecule has 0 aliphatic heterocycles. The van der Waals surface area contributed by atoms with Gasteiger partial charge in [-0.2, -0.15) is 0 Å².